The Hall–Kier alpha value is -0.120. The maximum Gasteiger partial charge on any atom is 0.0554 e. The number of halogens is 1. The Balaban J connectivity index is 3.01. The summed E-state index contributed by atoms with van der Waals surface area (Å²) in [7, 11) is 0. The standard InChI is InChI=1S/C8H13BrN2/c1-4-3-6(9)8(11)7(10)5(4)2/h3,7-8H,10-11H2,1-2H3. The van der Waals surface area contributed by atoms with Crippen molar-refractivity contribution in [1.29, 1.82) is 0 Å². The highest BCUT2D eigenvalue weighted by Gasteiger charge is 2.22. The SMILES string of the molecule is CC1=C(C)C(N)C(N)C(Br)=C1. The van der Waals surface area contributed by atoms with E-state index in [0.717, 1.165) is 4.48 Å². The van der Waals surface area contributed by atoms with Crippen molar-refractivity contribution in [3.63, 3.8) is 0 Å². The van der Waals surface area contributed by atoms with Crippen LogP contribution >= 0.6 is 15.9 Å². The van der Waals surface area contributed by atoms with Gasteiger partial charge < -0.3 is 11.5 Å². The van der Waals surface area contributed by atoms with Gasteiger partial charge >= 0.3 is 0 Å². The normalized spacial score (nSPS) is 32.3. The lowest BCUT2D eigenvalue weighted by Crippen LogP contribution is -2.44. The summed E-state index contributed by atoms with van der Waals surface area (Å²) in [5.41, 5.74) is 14.0. The third kappa shape index (κ3) is 1.55. The Bertz CT molecular complexity index is 230. The van der Waals surface area contributed by atoms with Gasteiger partial charge in [0.2, 0.25) is 0 Å². The van der Waals surface area contributed by atoms with E-state index in [-0.39, 0.29) is 12.1 Å². The zero-order valence-corrected chi connectivity index (χ0v) is 8.35. The van der Waals surface area contributed by atoms with Crippen molar-refractivity contribution >= 4 is 15.9 Å². The highest BCUT2D eigenvalue weighted by Crippen LogP contribution is 2.25. The molecule has 1 aliphatic rings. The molecule has 0 saturated carbocycles. The van der Waals surface area contributed by atoms with Crippen LogP contribution in [0.15, 0.2) is 21.7 Å². The van der Waals surface area contributed by atoms with E-state index in [1.807, 2.05) is 19.9 Å². The molecule has 0 aromatic rings. The van der Waals surface area contributed by atoms with Gasteiger partial charge in [-0.3, -0.25) is 0 Å². The largest absolute Gasteiger partial charge is 0.323 e. The van der Waals surface area contributed by atoms with E-state index in [2.05, 4.69) is 15.9 Å². The van der Waals surface area contributed by atoms with Gasteiger partial charge in [0.1, 0.15) is 0 Å². The van der Waals surface area contributed by atoms with Gasteiger partial charge in [0, 0.05) is 10.5 Å². The molecule has 3 heteroatoms. The quantitative estimate of drug-likeness (QED) is 0.641. The van der Waals surface area contributed by atoms with Gasteiger partial charge in [0.05, 0.1) is 6.04 Å². The van der Waals surface area contributed by atoms with Crippen molar-refractivity contribution < 1.29 is 0 Å². The summed E-state index contributed by atoms with van der Waals surface area (Å²) in [4.78, 5) is 0. The summed E-state index contributed by atoms with van der Waals surface area (Å²) in [6.07, 6.45) is 2.03. The molecule has 0 aliphatic heterocycles. The number of allylic oxidation sites excluding steroid dienone is 2. The summed E-state index contributed by atoms with van der Waals surface area (Å²) in [6, 6.07) is -0.104. The first-order chi connectivity index (χ1) is 5.04. The maximum atomic E-state index is 5.85. The Morgan fingerprint density at radius 2 is 1.82 bits per heavy atom. The molecule has 0 bridgehead atoms. The lowest BCUT2D eigenvalue weighted by molar-refractivity contribution is 0.653. The fourth-order valence-corrected chi connectivity index (χ4v) is 1.75. The first-order valence-electron chi connectivity index (χ1n) is 3.59. The van der Waals surface area contributed by atoms with E-state index in [0.29, 0.717) is 0 Å². The minimum atomic E-state index is -0.0706. The lowest BCUT2D eigenvalue weighted by atomic mass is 9.92. The van der Waals surface area contributed by atoms with Crippen molar-refractivity contribution in [1.82, 2.24) is 0 Å². The predicted molar refractivity (Wildman–Crippen MR) is 51.3 cm³/mol. The average Bonchev–Trinajstić information content (AvgIpc) is 1.97. The van der Waals surface area contributed by atoms with Crippen LogP contribution < -0.4 is 11.5 Å². The number of hydrogen-bond acceptors (Lipinski definition) is 2. The van der Waals surface area contributed by atoms with E-state index in [9.17, 15) is 0 Å². The molecule has 0 spiro atoms. The minimum absolute atomic E-state index is 0.0330. The van der Waals surface area contributed by atoms with Crippen LogP contribution in [0.5, 0.6) is 0 Å². The topological polar surface area (TPSA) is 52.0 Å². The van der Waals surface area contributed by atoms with Crippen molar-refractivity contribution in [2.24, 2.45) is 11.5 Å². The second kappa shape index (κ2) is 3.09. The molecular formula is C8H13BrN2. The van der Waals surface area contributed by atoms with E-state index in [1.165, 1.54) is 11.1 Å². The molecule has 4 N–H and O–H groups in total. The molecule has 1 aliphatic carbocycles. The van der Waals surface area contributed by atoms with Gasteiger partial charge in [-0.15, -0.1) is 0 Å². The molecule has 1 rings (SSSR count). The molecule has 2 atom stereocenters. The van der Waals surface area contributed by atoms with Gasteiger partial charge in [0.15, 0.2) is 0 Å². The maximum absolute atomic E-state index is 5.85. The summed E-state index contributed by atoms with van der Waals surface area (Å²) in [5.74, 6) is 0. The smallest absolute Gasteiger partial charge is 0.0554 e. The van der Waals surface area contributed by atoms with E-state index < -0.39 is 0 Å². The highest BCUT2D eigenvalue weighted by atomic mass is 79.9. The number of rotatable bonds is 0. The third-order valence-electron chi connectivity index (χ3n) is 2.18. The molecule has 0 aromatic carbocycles. The Morgan fingerprint density at radius 1 is 1.27 bits per heavy atom. The van der Waals surface area contributed by atoms with Crippen molar-refractivity contribution in [3.8, 4) is 0 Å². The molecule has 0 amide bonds. The molecule has 62 valence electrons. The number of hydrogen-bond donors (Lipinski definition) is 2. The first-order valence-corrected chi connectivity index (χ1v) is 4.39. The third-order valence-corrected chi connectivity index (χ3v) is 2.94. The molecule has 0 radical (unpaired) electrons. The van der Waals surface area contributed by atoms with Crippen LogP contribution in [0.3, 0.4) is 0 Å². The summed E-state index contributed by atoms with van der Waals surface area (Å²) in [5, 5.41) is 0. The van der Waals surface area contributed by atoms with Gasteiger partial charge in [-0.1, -0.05) is 21.5 Å². The van der Waals surface area contributed by atoms with Crippen LogP contribution in [0.4, 0.5) is 0 Å². The molecule has 0 fully saturated rings. The molecule has 0 aromatic heterocycles. The fraction of sp³-hybridized carbons (Fsp3) is 0.500. The van der Waals surface area contributed by atoms with Gasteiger partial charge in [-0.05, 0) is 25.5 Å². The molecule has 0 heterocycles. The second-order valence-electron chi connectivity index (χ2n) is 2.95. The average molecular weight is 217 g/mol. The Labute approximate surface area is 75.5 Å². The van der Waals surface area contributed by atoms with Gasteiger partial charge in [-0.2, -0.15) is 0 Å². The van der Waals surface area contributed by atoms with E-state index in [4.69, 9.17) is 11.5 Å². The number of nitrogens with two attached hydrogens (primary N) is 2. The predicted octanol–water partition coefficient (Wildman–Crippen LogP) is 1.27. The first kappa shape index (κ1) is 8.97. The van der Waals surface area contributed by atoms with Crippen LogP contribution in [0.25, 0.3) is 0 Å². The fourth-order valence-electron chi connectivity index (χ4n) is 1.12. The Kier molecular flexibility index (Phi) is 2.52. The monoisotopic (exact) mass is 216 g/mol. The van der Waals surface area contributed by atoms with Crippen LogP contribution in [0.2, 0.25) is 0 Å². The zero-order chi connectivity index (χ0) is 8.59. The van der Waals surface area contributed by atoms with Crippen LogP contribution in [-0.4, -0.2) is 12.1 Å². The second-order valence-corrected chi connectivity index (χ2v) is 3.86. The molecule has 2 unspecified atom stereocenters. The Morgan fingerprint density at radius 3 is 2.36 bits per heavy atom. The summed E-state index contributed by atoms with van der Waals surface area (Å²) >= 11 is 3.38. The zero-order valence-electron chi connectivity index (χ0n) is 6.76. The summed E-state index contributed by atoms with van der Waals surface area (Å²) in [6.45, 7) is 4.07. The van der Waals surface area contributed by atoms with Crippen molar-refractivity contribution in [3.05, 3.63) is 21.7 Å². The lowest BCUT2D eigenvalue weighted by Gasteiger charge is -2.26. The van der Waals surface area contributed by atoms with E-state index >= 15 is 0 Å². The van der Waals surface area contributed by atoms with Gasteiger partial charge in [0.25, 0.3) is 0 Å². The van der Waals surface area contributed by atoms with Crippen LogP contribution in [-0.2, 0) is 0 Å². The van der Waals surface area contributed by atoms with Crippen molar-refractivity contribution in [2.45, 2.75) is 25.9 Å². The molecule has 11 heavy (non-hydrogen) atoms. The van der Waals surface area contributed by atoms with Gasteiger partial charge in [-0.25, -0.2) is 0 Å². The molecule has 2 nitrogen and oxygen atoms in total. The summed E-state index contributed by atoms with van der Waals surface area (Å²) < 4.78 is 0.994. The molecule has 0 saturated heterocycles. The van der Waals surface area contributed by atoms with E-state index in [1.54, 1.807) is 0 Å². The van der Waals surface area contributed by atoms with Crippen LogP contribution in [0.1, 0.15) is 13.8 Å². The van der Waals surface area contributed by atoms with Crippen LogP contribution in [0, 0.1) is 0 Å². The van der Waals surface area contributed by atoms with Crippen molar-refractivity contribution in [2.75, 3.05) is 0 Å². The molecular weight excluding hydrogens is 204 g/mol. The minimum Gasteiger partial charge on any atom is -0.323 e. The highest BCUT2D eigenvalue weighted by molar-refractivity contribution is 9.11.